The van der Waals surface area contributed by atoms with E-state index in [1.807, 2.05) is 78.7 Å². The zero-order chi connectivity index (χ0) is 24.2. The Balaban J connectivity index is 1.15. The van der Waals surface area contributed by atoms with E-state index >= 15 is 0 Å². The number of aromatic nitrogens is 2. The van der Waals surface area contributed by atoms with Crippen LogP contribution in [0.3, 0.4) is 0 Å². The van der Waals surface area contributed by atoms with Gasteiger partial charge >= 0.3 is 0 Å². The van der Waals surface area contributed by atoms with E-state index in [1.165, 1.54) is 6.08 Å². The Morgan fingerprint density at radius 2 is 1.71 bits per heavy atom. The first kappa shape index (κ1) is 22.4. The number of aromatic amines is 1. The summed E-state index contributed by atoms with van der Waals surface area (Å²) in [6, 6.07) is 19.4. The normalized spacial score (nSPS) is 14.0. The fourth-order valence-corrected chi connectivity index (χ4v) is 4.27. The van der Waals surface area contributed by atoms with Crippen molar-refractivity contribution in [2.75, 3.05) is 36.4 Å². The maximum absolute atomic E-state index is 12.8. The first-order valence-corrected chi connectivity index (χ1v) is 11.7. The summed E-state index contributed by atoms with van der Waals surface area (Å²) in [5.41, 5.74) is 5.40. The van der Waals surface area contributed by atoms with Gasteiger partial charge in [-0.1, -0.05) is 17.7 Å². The van der Waals surface area contributed by atoms with Gasteiger partial charge < -0.3 is 20.1 Å². The van der Waals surface area contributed by atoms with Gasteiger partial charge in [-0.25, -0.2) is 4.98 Å². The van der Waals surface area contributed by atoms with Crippen molar-refractivity contribution in [3.8, 4) is 0 Å². The molecule has 2 amide bonds. The molecule has 3 heterocycles. The van der Waals surface area contributed by atoms with Crippen LogP contribution in [0.4, 0.5) is 11.4 Å². The lowest BCUT2D eigenvalue weighted by atomic mass is 10.1. The Morgan fingerprint density at radius 1 is 0.971 bits per heavy atom. The quantitative estimate of drug-likeness (QED) is 0.426. The second kappa shape index (κ2) is 9.85. The largest absolute Gasteiger partial charge is 0.368 e. The second-order valence-corrected chi connectivity index (χ2v) is 8.66. The number of hydrogen-bond acceptors (Lipinski definition) is 4. The molecule has 2 aromatic heterocycles. The molecule has 35 heavy (non-hydrogen) atoms. The highest BCUT2D eigenvalue weighted by atomic mass is 16.2. The van der Waals surface area contributed by atoms with E-state index in [-0.39, 0.29) is 11.8 Å². The van der Waals surface area contributed by atoms with Gasteiger partial charge in [0.15, 0.2) is 0 Å². The molecule has 1 aliphatic rings. The maximum atomic E-state index is 12.8. The molecule has 2 aromatic carbocycles. The fraction of sp³-hybridized carbons (Fsp3) is 0.179. The van der Waals surface area contributed by atoms with Crippen LogP contribution in [0.2, 0.25) is 0 Å². The Labute approximate surface area is 204 Å². The summed E-state index contributed by atoms with van der Waals surface area (Å²) in [5, 5.41) is 3.88. The smallest absolute Gasteiger partial charge is 0.253 e. The highest BCUT2D eigenvalue weighted by Crippen LogP contribution is 2.21. The summed E-state index contributed by atoms with van der Waals surface area (Å²) in [5.74, 6) is -0.112. The van der Waals surface area contributed by atoms with Crippen LogP contribution < -0.4 is 10.2 Å². The van der Waals surface area contributed by atoms with E-state index < -0.39 is 0 Å². The van der Waals surface area contributed by atoms with E-state index in [1.54, 1.807) is 12.3 Å². The number of piperazine rings is 1. The van der Waals surface area contributed by atoms with Crippen LogP contribution in [0.25, 0.3) is 17.1 Å². The van der Waals surface area contributed by atoms with Crippen molar-refractivity contribution in [3.05, 3.63) is 95.8 Å². The number of hydrogen-bond donors (Lipinski definition) is 2. The van der Waals surface area contributed by atoms with Crippen LogP contribution in [-0.4, -0.2) is 52.9 Å². The number of nitrogens with zero attached hydrogens (tertiary/aromatic N) is 3. The number of nitrogens with one attached hydrogen (secondary N) is 2. The minimum atomic E-state index is -0.195. The van der Waals surface area contributed by atoms with E-state index in [0.29, 0.717) is 13.1 Å². The standard InChI is InChI=1S/C28H27N5O2/c1-20-4-6-21(7-5-20)28(35)33-17-15-32(16-18-33)24-11-9-23(10-12-24)31-26(34)13-8-22-19-30-27-25(22)3-2-14-29-27/h2-14,19H,15-18H2,1H3,(H,29,30)(H,31,34)/b13-8+. The van der Waals surface area contributed by atoms with Crippen molar-refractivity contribution >= 4 is 40.3 Å². The van der Waals surface area contributed by atoms with Gasteiger partial charge in [-0.05, 0) is 61.5 Å². The first-order chi connectivity index (χ1) is 17.1. The zero-order valence-corrected chi connectivity index (χ0v) is 19.6. The number of pyridine rings is 1. The lowest BCUT2D eigenvalue weighted by molar-refractivity contribution is -0.111. The Hall–Kier alpha value is -4.39. The van der Waals surface area contributed by atoms with Gasteiger partial charge in [0.1, 0.15) is 5.65 Å². The number of carbonyl (C=O) groups excluding carboxylic acids is 2. The minimum absolute atomic E-state index is 0.0830. The minimum Gasteiger partial charge on any atom is -0.368 e. The lowest BCUT2D eigenvalue weighted by Gasteiger charge is -2.36. The molecular weight excluding hydrogens is 438 g/mol. The SMILES string of the molecule is Cc1ccc(C(=O)N2CCN(c3ccc(NC(=O)/C=C/c4c[nH]c5ncccc45)cc3)CC2)cc1. The van der Waals surface area contributed by atoms with Gasteiger partial charge in [0.25, 0.3) is 5.91 Å². The van der Waals surface area contributed by atoms with E-state index in [4.69, 9.17) is 0 Å². The average Bonchev–Trinajstić information content (AvgIpc) is 3.31. The molecule has 4 aromatic rings. The van der Waals surface area contributed by atoms with Crippen molar-refractivity contribution in [1.29, 1.82) is 0 Å². The number of aryl methyl sites for hydroxylation is 1. The fourth-order valence-electron chi connectivity index (χ4n) is 4.27. The molecule has 2 N–H and O–H groups in total. The summed E-state index contributed by atoms with van der Waals surface area (Å²) >= 11 is 0. The molecule has 5 rings (SSSR count). The number of carbonyl (C=O) groups is 2. The molecule has 0 atom stereocenters. The Morgan fingerprint density at radius 3 is 2.46 bits per heavy atom. The van der Waals surface area contributed by atoms with Crippen molar-refractivity contribution < 1.29 is 9.59 Å². The van der Waals surface area contributed by atoms with Crippen LogP contribution in [0, 0.1) is 6.92 Å². The summed E-state index contributed by atoms with van der Waals surface area (Å²) in [6.45, 7) is 4.92. The molecule has 1 aliphatic heterocycles. The molecule has 0 radical (unpaired) electrons. The molecule has 176 valence electrons. The lowest BCUT2D eigenvalue weighted by Crippen LogP contribution is -2.48. The van der Waals surface area contributed by atoms with E-state index in [0.717, 1.165) is 52.2 Å². The number of fused-ring (bicyclic) bond motifs is 1. The van der Waals surface area contributed by atoms with Crippen LogP contribution in [0.5, 0.6) is 0 Å². The Bertz CT molecular complexity index is 1360. The molecule has 0 unspecified atom stereocenters. The van der Waals surface area contributed by atoms with Gasteiger partial charge in [-0.2, -0.15) is 0 Å². The summed E-state index contributed by atoms with van der Waals surface area (Å²) < 4.78 is 0. The van der Waals surface area contributed by atoms with Crippen molar-refractivity contribution in [1.82, 2.24) is 14.9 Å². The molecule has 0 aliphatic carbocycles. The summed E-state index contributed by atoms with van der Waals surface area (Å²) in [6.07, 6.45) is 6.87. The number of rotatable bonds is 5. The molecule has 7 heteroatoms. The first-order valence-electron chi connectivity index (χ1n) is 11.7. The third-order valence-electron chi connectivity index (χ3n) is 6.26. The molecular formula is C28H27N5O2. The van der Waals surface area contributed by atoms with Gasteiger partial charge in [-0.15, -0.1) is 0 Å². The molecule has 1 saturated heterocycles. The number of H-pyrrole nitrogens is 1. The topological polar surface area (TPSA) is 81.3 Å². The average molecular weight is 466 g/mol. The number of benzene rings is 2. The predicted octanol–water partition coefficient (Wildman–Crippen LogP) is 4.49. The van der Waals surface area contributed by atoms with Crippen molar-refractivity contribution in [2.45, 2.75) is 6.92 Å². The molecule has 0 bridgehead atoms. The van der Waals surface area contributed by atoms with E-state index in [9.17, 15) is 9.59 Å². The molecule has 0 saturated carbocycles. The molecule has 7 nitrogen and oxygen atoms in total. The van der Waals surface area contributed by atoms with E-state index in [2.05, 4.69) is 20.2 Å². The third kappa shape index (κ3) is 5.09. The van der Waals surface area contributed by atoms with Crippen LogP contribution in [0.15, 0.2) is 79.1 Å². The molecule has 1 fully saturated rings. The Kier molecular flexibility index (Phi) is 6.30. The van der Waals surface area contributed by atoms with Crippen molar-refractivity contribution in [3.63, 3.8) is 0 Å². The highest BCUT2D eigenvalue weighted by Gasteiger charge is 2.22. The predicted molar refractivity (Wildman–Crippen MR) is 139 cm³/mol. The third-order valence-corrected chi connectivity index (χ3v) is 6.26. The van der Waals surface area contributed by atoms with Gasteiger partial charge in [0, 0.05) is 72.5 Å². The summed E-state index contributed by atoms with van der Waals surface area (Å²) in [4.78, 5) is 36.7. The van der Waals surface area contributed by atoms with Gasteiger partial charge in [0.2, 0.25) is 5.91 Å². The number of anilines is 2. The van der Waals surface area contributed by atoms with Crippen LogP contribution in [0.1, 0.15) is 21.5 Å². The zero-order valence-electron chi connectivity index (χ0n) is 19.6. The maximum Gasteiger partial charge on any atom is 0.253 e. The van der Waals surface area contributed by atoms with Gasteiger partial charge in [0.05, 0.1) is 0 Å². The number of amides is 2. The van der Waals surface area contributed by atoms with Gasteiger partial charge in [-0.3, -0.25) is 9.59 Å². The van der Waals surface area contributed by atoms with Crippen molar-refractivity contribution in [2.24, 2.45) is 0 Å². The monoisotopic (exact) mass is 465 g/mol. The van der Waals surface area contributed by atoms with Crippen LogP contribution >= 0.6 is 0 Å². The molecule has 0 spiro atoms. The van der Waals surface area contributed by atoms with Crippen LogP contribution in [-0.2, 0) is 4.79 Å². The summed E-state index contributed by atoms with van der Waals surface area (Å²) in [7, 11) is 0. The highest BCUT2D eigenvalue weighted by molar-refractivity contribution is 6.03. The second-order valence-electron chi connectivity index (χ2n) is 8.66.